The summed E-state index contributed by atoms with van der Waals surface area (Å²) < 4.78 is 17.9. The summed E-state index contributed by atoms with van der Waals surface area (Å²) in [4.78, 5) is 23.4. The lowest BCUT2D eigenvalue weighted by molar-refractivity contribution is -0.131. The number of thioether (sulfide) groups is 1. The maximum absolute atomic E-state index is 12.8. The topological polar surface area (TPSA) is 55.4 Å². The lowest BCUT2D eigenvalue weighted by Gasteiger charge is -2.06. The van der Waals surface area contributed by atoms with E-state index >= 15 is 0 Å². The highest BCUT2D eigenvalue weighted by molar-refractivity contribution is 8.00. The van der Waals surface area contributed by atoms with Gasteiger partial charge in [0.2, 0.25) is 5.91 Å². The first-order valence-corrected chi connectivity index (χ1v) is 7.48. The van der Waals surface area contributed by atoms with E-state index in [4.69, 9.17) is 4.74 Å². The van der Waals surface area contributed by atoms with Crippen molar-refractivity contribution < 1.29 is 18.7 Å². The molecule has 0 saturated carbocycles. The Hall–Kier alpha value is -2.34. The predicted octanol–water partition coefficient (Wildman–Crippen LogP) is 3.48. The van der Waals surface area contributed by atoms with Crippen LogP contribution in [0.25, 0.3) is 0 Å². The van der Waals surface area contributed by atoms with Crippen molar-refractivity contribution in [1.82, 2.24) is 0 Å². The summed E-state index contributed by atoms with van der Waals surface area (Å²) in [6.07, 6.45) is 0. The Bertz CT molecular complexity index is 656. The van der Waals surface area contributed by atoms with Crippen molar-refractivity contribution in [2.75, 3.05) is 11.1 Å². The van der Waals surface area contributed by atoms with E-state index in [-0.39, 0.29) is 17.5 Å². The Morgan fingerprint density at radius 1 is 1.09 bits per heavy atom. The minimum atomic E-state index is -0.401. The van der Waals surface area contributed by atoms with Crippen molar-refractivity contribution in [2.45, 2.75) is 11.8 Å². The molecule has 0 aliphatic rings. The van der Waals surface area contributed by atoms with Crippen molar-refractivity contribution in [3.63, 3.8) is 0 Å². The Morgan fingerprint density at radius 3 is 2.32 bits per heavy atom. The molecule has 22 heavy (non-hydrogen) atoms. The molecule has 1 amide bonds. The van der Waals surface area contributed by atoms with E-state index in [0.717, 1.165) is 4.90 Å². The van der Waals surface area contributed by atoms with Crippen LogP contribution in [-0.4, -0.2) is 17.6 Å². The van der Waals surface area contributed by atoms with E-state index in [1.165, 1.54) is 30.8 Å². The molecule has 2 rings (SSSR count). The molecule has 2 aromatic rings. The number of hydrogen-bond donors (Lipinski definition) is 1. The SMILES string of the molecule is CC(=O)Nc1ccc(OC(=O)CSc2ccc(F)cc2)cc1. The second-order valence-electron chi connectivity index (χ2n) is 4.42. The normalized spacial score (nSPS) is 10.1. The molecule has 0 aliphatic heterocycles. The second-order valence-corrected chi connectivity index (χ2v) is 5.47. The van der Waals surface area contributed by atoms with E-state index in [2.05, 4.69) is 5.32 Å². The van der Waals surface area contributed by atoms with Crippen LogP contribution < -0.4 is 10.1 Å². The molecule has 0 radical (unpaired) electrons. The lowest BCUT2D eigenvalue weighted by Crippen LogP contribution is -2.11. The van der Waals surface area contributed by atoms with Gasteiger partial charge >= 0.3 is 5.97 Å². The molecular weight excluding hydrogens is 305 g/mol. The summed E-state index contributed by atoms with van der Waals surface area (Å²) in [6, 6.07) is 12.4. The van der Waals surface area contributed by atoms with Gasteiger partial charge in [-0.05, 0) is 48.5 Å². The third-order valence-corrected chi connectivity index (χ3v) is 3.56. The number of anilines is 1. The Labute approximate surface area is 131 Å². The number of benzene rings is 2. The van der Waals surface area contributed by atoms with Crippen LogP contribution in [0.2, 0.25) is 0 Å². The Morgan fingerprint density at radius 2 is 1.73 bits per heavy atom. The van der Waals surface area contributed by atoms with Gasteiger partial charge in [0.1, 0.15) is 11.6 Å². The number of hydrogen-bond acceptors (Lipinski definition) is 4. The van der Waals surface area contributed by atoms with Crippen molar-refractivity contribution in [3.8, 4) is 5.75 Å². The summed E-state index contributed by atoms with van der Waals surface area (Å²) in [5.74, 6) is -0.356. The van der Waals surface area contributed by atoms with E-state index in [0.29, 0.717) is 11.4 Å². The largest absolute Gasteiger partial charge is 0.426 e. The molecule has 4 nitrogen and oxygen atoms in total. The molecule has 6 heteroatoms. The fourth-order valence-electron chi connectivity index (χ4n) is 1.64. The van der Waals surface area contributed by atoms with Crippen LogP contribution in [0.5, 0.6) is 5.75 Å². The van der Waals surface area contributed by atoms with Crippen LogP contribution in [0.3, 0.4) is 0 Å². The predicted molar refractivity (Wildman–Crippen MR) is 83.5 cm³/mol. The van der Waals surface area contributed by atoms with Crippen LogP contribution in [0, 0.1) is 5.82 Å². The molecule has 0 bridgehead atoms. The van der Waals surface area contributed by atoms with Gasteiger partial charge in [0, 0.05) is 17.5 Å². The molecule has 0 unspecified atom stereocenters. The van der Waals surface area contributed by atoms with Crippen LogP contribution in [-0.2, 0) is 9.59 Å². The average molecular weight is 319 g/mol. The maximum atomic E-state index is 12.8. The molecule has 0 aromatic heterocycles. The summed E-state index contributed by atoms with van der Waals surface area (Å²) >= 11 is 1.27. The average Bonchev–Trinajstić information content (AvgIpc) is 2.48. The van der Waals surface area contributed by atoms with Gasteiger partial charge in [-0.15, -0.1) is 11.8 Å². The van der Waals surface area contributed by atoms with Crippen molar-refractivity contribution >= 4 is 29.3 Å². The summed E-state index contributed by atoms with van der Waals surface area (Å²) in [5, 5.41) is 2.62. The number of carbonyl (C=O) groups excluding carboxylic acids is 2. The minimum absolute atomic E-state index is 0.124. The van der Waals surface area contributed by atoms with Gasteiger partial charge in [0.25, 0.3) is 0 Å². The van der Waals surface area contributed by atoms with Gasteiger partial charge in [-0.25, -0.2) is 4.39 Å². The quantitative estimate of drug-likeness (QED) is 0.521. The van der Waals surface area contributed by atoms with Gasteiger partial charge in [0.05, 0.1) is 5.75 Å². The highest BCUT2D eigenvalue weighted by atomic mass is 32.2. The molecule has 0 aliphatic carbocycles. The molecule has 0 saturated heterocycles. The standard InChI is InChI=1S/C16H14FNO3S/c1-11(19)18-13-4-6-14(7-5-13)21-16(20)10-22-15-8-2-12(17)3-9-15/h2-9H,10H2,1H3,(H,18,19). The number of esters is 1. The first-order chi connectivity index (χ1) is 10.5. The van der Waals surface area contributed by atoms with E-state index in [1.807, 2.05) is 0 Å². The van der Waals surface area contributed by atoms with Gasteiger partial charge < -0.3 is 10.1 Å². The fraction of sp³-hybridized carbons (Fsp3) is 0.125. The first kappa shape index (κ1) is 16.0. The third kappa shape index (κ3) is 5.21. The molecule has 0 heterocycles. The molecule has 114 valence electrons. The molecule has 0 atom stereocenters. The number of rotatable bonds is 5. The van der Waals surface area contributed by atoms with E-state index in [9.17, 15) is 14.0 Å². The van der Waals surface area contributed by atoms with Gasteiger partial charge in [0.15, 0.2) is 0 Å². The van der Waals surface area contributed by atoms with Crippen molar-refractivity contribution in [2.24, 2.45) is 0 Å². The molecule has 1 N–H and O–H groups in total. The van der Waals surface area contributed by atoms with Crippen LogP contribution >= 0.6 is 11.8 Å². The zero-order valence-electron chi connectivity index (χ0n) is 11.8. The zero-order valence-corrected chi connectivity index (χ0v) is 12.7. The fourth-order valence-corrected chi connectivity index (χ4v) is 2.32. The number of nitrogens with one attached hydrogen (secondary N) is 1. The lowest BCUT2D eigenvalue weighted by atomic mass is 10.3. The molecule has 0 fully saturated rings. The zero-order chi connectivity index (χ0) is 15.9. The first-order valence-electron chi connectivity index (χ1n) is 6.49. The van der Waals surface area contributed by atoms with Crippen molar-refractivity contribution in [3.05, 3.63) is 54.3 Å². The molecule has 0 spiro atoms. The molecular formula is C16H14FNO3S. The minimum Gasteiger partial charge on any atom is -0.426 e. The summed E-state index contributed by atoms with van der Waals surface area (Å²) in [6.45, 7) is 1.42. The van der Waals surface area contributed by atoms with Gasteiger partial charge in [-0.3, -0.25) is 9.59 Å². The summed E-state index contributed by atoms with van der Waals surface area (Å²) in [7, 11) is 0. The van der Waals surface area contributed by atoms with E-state index in [1.54, 1.807) is 36.4 Å². The van der Waals surface area contributed by atoms with Crippen molar-refractivity contribution in [1.29, 1.82) is 0 Å². The smallest absolute Gasteiger partial charge is 0.321 e. The Balaban J connectivity index is 1.83. The van der Waals surface area contributed by atoms with Gasteiger partial charge in [-0.1, -0.05) is 0 Å². The number of ether oxygens (including phenoxy) is 1. The van der Waals surface area contributed by atoms with Crippen LogP contribution in [0.4, 0.5) is 10.1 Å². The monoisotopic (exact) mass is 319 g/mol. The second kappa shape index (κ2) is 7.61. The van der Waals surface area contributed by atoms with E-state index < -0.39 is 5.97 Å². The van der Waals surface area contributed by atoms with Gasteiger partial charge in [-0.2, -0.15) is 0 Å². The van der Waals surface area contributed by atoms with Crippen LogP contribution in [0.15, 0.2) is 53.4 Å². The number of halogens is 1. The maximum Gasteiger partial charge on any atom is 0.321 e. The van der Waals surface area contributed by atoms with Crippen LogP contribution in [0.1, 0.15) is 6.92 Å². The number of carbonyl (C=O) groups is 2. The molecule has 2 aromatic carbocycles. The highest BCUT2D eigenvalue weighted by Gasteiger charge is 2.06. The summed E-state index contributed by atoms with van der Waals surface area (Å²) in [5.41, 5.74) is 0.632. The third-order valence-electron chi connectivity index (χ3n) is 2.58. The number of amides is 1. The highest BCUT2D eigenvalue weighted by Crippen LogP contribution is 2.20. The Kier molecular flexibility index (Phi) is 5.55.